The summed E-state index contributed by atoms with van der Waals surface area (Å²) in [6.07, 6.45) is 0. The number of hydrogen-bond donors (Lipinski definition) is 1. The minimum atomic E-state index is -0.426. The fourth-order valence-corrected chi connectivity index (χ4v) is 3.92. The lowest BCUT2D eigenvalue weighted by Crippen LogP contribution is -2.23. The number of halogens is 1. The van der Waals surface area contributed by atoms with Crippen LogP contribution in [0.1, 0.15) is 28.5 Å². The first-order valence-electron chi connectivity index (χ1n) is 10.9. The third-order valence-electron chi connectivity index (χ3n) is 5.44. The minimum absolute atomic E-state index is 0.295. The number of nitrogens with one attached hydrogen (secondary N) is 1. The second-order valence-corrected chi connectivity index (χ2v) is 8.05. The van der Waals surface area contributed by atoms with Crippen LogP contribution in [0.15, 0.2) is 60.7 Å². The predicted molar refractivity (Wildman–Crippen MR) is 133 cm³/mol. The molecule has 0 saturated carbocycles. The fourth-order valence-electron chi connectivity index (χ4n) is 3.68. The molecule has 4 rings (SSSR count). The molecule has 2 heterocycles. The number of anilines is 1. The largest absolute Gasteiger partial charge is 0.497 e. The van der Waals surface area contributed by atoms with Crippen LogP contribution < -0.4 is 14.4 Å². The number of aromatic nitrogens is 2. The molecule has 176 valence electrons. The number of carbonyl (C=O) groups is 1. The molecule has 2 aromatic heterocycles. The number of nitrogens with zero attached hydrogens (tertiary/aromatic N) is 2. The van der Waals surface area contributed by atoms with Gasteiger partial charge in [-0.05, 0) is 48.4 Å². The number of aromatic amines is 1. The number of H-pyrrole nitrogens is 1. The van der Waals surface area contributed by atoms with Crippen LogP contribution in [0.25, 0.3) is 10.9 Å². The Hall–Kier alpha value is -3.71. The maximum Gasteiger partial charge on any atom is 0.354 e. The number of fused-ring (bicyclic) bond motifs is 1. The van der Waals surface area contributed by atoms with Crippen molar-refractivity contribution in [2.75, 3.05) is 25.7 Å². The molecule has 0 aliphatic carbocycles. The molecule has 34 heavy (non-hydrogen) atoms. The van der Waals surface area contributed by atoms with E-state index in [0.29, 0.717) is 47.3 Å². The van der Waals surface area contributed by atoms with E-state index in [2.05, 4.69) is 14.9 Å². The number of methoxy groups -OCH3 is 2. The molecule has 0 bridgehead atoms. The van der Waals surface area contributed by atoms with Crippen molar-refractivity contribution in [3.63, 3.8) is 0 Å². The Labute approximate surface area is 203 Å². The summed E-state index contributed by atoms with van der Waals surface area (Å²) in [6, 6.07) is 19.4. The molecule has 0 spiro atoms. The highest BCUT2D eigenvalue weighted by Gasteiger charge is 2.17. The Bertz CT molecular complexity index is 1220. The smallest absolute Gasteiger partial charge is 0.354 e. The second kappa shape index (κ2) is 10.5. The van der Waals surface area contributed by atoms with Crippen LogP contribution in [0.3, 0.4) is 0 Å². The van der Waals surface area contributed by atoms with Gasteiger partial charge >= 0.3 is 5.97 Å². The van der Waals surface area contributed by atoms with Crippen molar-refractivity contribution in [2.45, 2.75) is 20.0 Å². The van der Waals surface area contributed by atoms with Crippen LogP contribution >= 0.6 is 11.6 Å². The van der Waals surface area contributed by atoms with Crippen LogP contribution in [-0.2, 0) is 17.8 Å². The van der Waals surface area contributed by atoms with Gasteiger partial charge in [-0.3, -0.25) is 0 Å². The highest BCUT2D eigenvalue weighted by Crippen LogP contribution is 2.29. The molecule has 0 unspecified atom stereocenters. The van der Waals surface area contributed by atoms with E-state index in [1.165, 1.54) is 0 Å². The number of pyridine rings is 1. The Morgan fingerprint density at radius 1 is 0.941 bits per heavy atom. The second-order valence-electron chi connectivity index (χ2n) is 7.69. The first kappa shape index (κ1) is 23.4. The van der Waals surface area contributed by atoms with Crippen molar-refractivity contribution >= 4 is 34.3 Å². The summed E-state index contributed by atoms with van der Waals surface area (Å²) >= 11 is 6.54. The molecule has 4 aromatic rings. The standard InChI is InChI=1S/C26H26ClN3O4/c1-4-34-26(31)23-13-21-22(28-23)14-24(29-25(21)27)30(15-17-5-9-19(32-2)10-6-17)16-18-7-11-20(33-3)12-8-18/h5-14,28H,4,15-16H2,1-3H3. The third-order valence-corrected chi connectivity index (χ3v) is 5.73. The number of benzene rings is 2. The molecule has 0 saturated heterocycles. The quantitative estimate of drug-likeness (QED) is 0.248. The molecular weight excluding hydrogens is 454 g/mol. The van der Waals surface area contributed by atoms with Gasteiger partial charge in [0.25, 0.3) is 0 Å². The third kappa shape index (κ3) is 5.26. The van der Waals surface area contributed by atoms with Crippen LogP contribution in [0.2, 0.25) is 5.15 Å². The summed E-state index contributed by atoms with van der Waals surface area (Å²) in [5.74, 6) is 1.85. The van der Waals surface area contributed by atoms with Crippen molar-refractivity contribution in [1.82, 2.24) is 9.97 Å². The Morgan fingerprint density at radius 2 is 1.50 bits per heavy atom. The van der Waals surface area contributed by atoms with E-state index in [-0.39, 0.29) is 0 Å². The van der Waals surface area contributed by atoms with E-state index in [1.807, 2.05) is 54.6 Å². The number of rotatable bonds is 9. The van der Waals surface area contributed by atoms with Crippen molar-refractivity contribution in [2.24, 2.45) is 0 Å². The predicted octanol–water partition coefficient (Wildman–Crippen LogP) is 5.62. The van der Waals surface area contributed by atoms with Crippen molar-refractivity contribution in [3.05, 3.63) is 82.6 Å². The first-order chi connectivity index (χ1) is 16.5. The monoisotopic (exact) mass is 479 g/mol. The number of ether oxygens (including phenoxy) is 3. The lowest BCUT2D eigenvalue weighted by atomic mass is 10.1. The van der Waals surface area contributed by atoms with Gasteiger partial charge < -0.3 is 24.1 Å². The number of esters is 1. The lowest BCUT2D eigenvalue weighted by molar-refractivity contribution is 0.0520. The van der Waals surface area contributed by atoms with Gasteiger partial charge in [-0.2, -0.15) is 0 Å². The molecule has 2 aromatic carbocycles. The molecule has 0 amide bonds. The van der Waals surface area contributed by atoms with Crippen LogP contribution in [0.4, 0.5) is 5.82 Å². The lowest BCUT2D eigenvalue weighted by Gasteiger charge is -2.25. The summed E-state index contributed by atoms with van der Waals surface area (Å²) < 4.78 is 15.7. The molecule has 1 N–H and O–H groups in total. The van der Waals surface area contributed by atoms with Gasteiger partial charge in [0.1, 0.15) is 28.2 Å². The molecule has 7 nitrogen and oxygen atoms in total. The van der Waals surface area contributed by atoms with Crippen molar-refractivity contribution in [3.8, 4) is 11.5 Å². The summed E-state index contributed by atoms with van der Waals surface area (Å²) in [5.41, 5.74) is 3.24. The zero-order valence-electron chi connectivity index (χ0n) is 19.3. The zero-order valence-corrected chi connectivity index (χ0v) is 20.1. The molecule has 0 atom stereocenters. The normalized spacial score (nSPS) is 10.8. The van der Waals surface area contributed by atoms with Gasteiger partial charge in [-0.15, -0.1) is 0 Å². The maximum atomic E-state index is 12.2. The van der Waals surface area contributed by atoms with E-state index >= 15 is 0 Å². The van der Waals surface area contributed by atoms with Gasteiger partial charge in [-0.25, -0.2) is 9.78 Å². The van der Waals surface area contributed by atoms with Gasteiger partial charge in [0.2, 0.25) is 0 Å². The Kier molecular flexibility index (Phi) is 7.23. The summed E-state index contributed by atoms with van der Waals surface area (Å²) in [7, 11) is 3.29. The fraction of sp³-hybridized carbons (Fsp3) is 0.231. The summed E-state index contributed by atoms with van der Waals surface area (Å²) in [5, 5.41) is 0.982. The highest BCUT2D eigenvalue weighted by atomic mass is 35.5. The summed E-state index contributed by atoms with van der Waals surface area (Å²) in [6.45, 7) is 3.25. The Morgan fingerprint density at radius 3 is 2.00 bits per heavy atom. The molecular formula is C26H26ClN3O4. The van der Waals surface area contributed by atoms with E-state index in [0.717, 1.165) is 22.6 Å². The van der Waals surface area contributed by atoms with Crippen LogP contribution in [-0.4, -0.2) is 36.8 Å². The van der Waals surface area contributed by atoms with Gasteiger partial charge in [-0.1, -0.05) is 35.9 Å². The molecule has 0 aliphatic heterocycles. The topological polar surface area (TPSA) is 76.7 Å². The first-order valence-corrected chi connectivity index (χ1v) is 11.3. The number of carbonyl (C=O) groups excluding carboxylic acids is 1. The Balaban J connectivity index is 1.70. The maximum absolute atomic E-state index is 12.2. The van der Waals surface area contributed by atoms with E-state index < -0.39 is 5.97 Å². The number of hydrogen-bond acceptors (Lipinski definition) is 6. The molecule has 0 radical (unpaired) electrons. The summed E-state index contributed by atoms with van der Waals surface area (Å²) in [4.78, 5) is 22.1. The minimum Gasteiger partial charge on any atom is -0.497 e. The van der Waals surface area contributed by atoms with E-state index in [4.69, 9.17) is 25.8 Å². The van der Waals surface area contributed by atoms with Crippen molar-refractivity contribution in [1.29, 1.82) is 0 Å². The average Bonchev–Trinajstić information content (AvgIpc) is 3.30. The van der Waals surface area contributed by atoms with E-state index in [1.54, 1.807) is 27.2 Å². The van der Waals surface area contributed by atoms with Crippen molar-refractivity contribution < 1.29 is 19.0 Å². The van der Waals surface area contributed by atoms with Gasteiger partial charge in [0, 0.05) is 24.5 Å². The zero-order chi connectivity index (χ0) is 24.1. The average molecular weight is 480 g/mol. The van der Waals surface area contributed by atoms with Gasteiger partial charge in [0.05, 0.1) is 26.3 Å². The van der Waals surface area contributed by atoms with Gasteiger partial charge in [0.15, 0.2) is 0 Å². The van der Waals surface area contributed by atoms with Crippen LogP contribution in [0, 0.1) is 0 Å². The SMILES string of the molecule is CCOC(=O)c1cc2c(Cl)nc(N(Cc3ccc(OC)cc3)Cc3ccc(OC)cc3)cc2[nH]1. The molecule has 8 heteroatoms. The van der Waals surface area contributed by atoms with E-state index in [9.17, 15) is 4.79 Å². The van der Waals surface area contributed by atoms with Crippen LogP contribution in [0.5, 0.6) is 11.5 Å². The highest BCUT2D eigenvalue weighted by molar-refractivity contribution is 6.34. The molecule has 0 aliphatic rings. The molecule has 0 fully saturated rings.